The van der Waals surface area contributed by atoms with Crippen molar-refractivity contribution in [1.29, 1.82) is 0 Å². The number of hydrogen-bond acceptors (Lipinski definition) is 2. The first-order valence-electron chi connectivity index (χ1n) is 20.8. The van der Waals surface area contributed by atoms with E-state index in [4.69, 9.17) is 0 Å². The summed E-state index contributed by atoms with van der Waals surface area (Å²) in [5.74, 6) is 0. The predicted octanol–water partition coefficient (Wildman–Crippen LogP) is 16.8. The van der Waals surface area contributed by atoms with Gasteiger partial charge in [-0.1, -0.05) is 170 Å². The molecular weight excluding hydrogens is 757 g/mol. The molecule has 2 nitrogen and oxygen atoms in total. The van der Waals surface area contributed by atoms with Gasteiger partial charge in [-0.05, 0) is 105 Å². The van der Waals surface area contributed by atoms with E-state index in [0.717, 1.165) is 22.7 Å². The molecule has 3 heteroatoms. The van der Waals surface area contributed by atoms with Gasteiger partial charge in [-0.2, -0.15) is 0 Å². The molecule has 2 heterocycles. The van der Waals surface area contributed by atoms with Crippen LogP contribution in [-0.2, 0) is 0 Å². The van der Waals surface area contributed by atoms with Crippen LogP contribution in [0.5, 0.6) is 0 Å². The van der Waals surface area contributed by atoms with E-state index in [9.17, 15) is 0 Å². The van der Waals surface area contributed by atoms with Crippen LogP contribution < -0.4 is 4.90 Å². The molecule has 0 N–H and O–H groups in total. The molecule has 0 aliphatic heterocycles. The van der Waals surface area contributed by atoms with E-state index < -0.39 is 0 Å². The van der Waals surface area contributed by atoms with Gasteiger partial charge in [0.2, 0.25) is 0 Å². The van der Waals surface area contributed by atoms with Gasteiger partial charge >= 0.3 is 0 Å². The fourth-order valence-corrected chi connectivity index (χ4v) is 10.5. The number of benzene rings is 10. The summed E-state index contributed by atoms with van der Waals surface area (Å²) < 4.78 is 4.99. The van der Waals surface area contributed by atoms with Crippen LogP contribution >= 0.6 is 11.3 Å². The fraction of sp³-hybridized carbons (Fsp3) is 0. The van der Waals surface area contributed by atoms with Crippen LogP contribution in [0, 0.1) is 0 Å². The monoisotopic (exact) mass is 794 g/mol. The van der Waals surface area contributed by atoms with Crippen LogP contribution in [0.1, 0.15) is 0 Å². The number of fused-ring (bicyclic) bond motifs is 7. The average Bonchev–Trinajstić information content (AvgIpc) is 3.88. The van der Waals surface area contributed by atoms with Crippen molar-refractivity contribution >= 4 is 81.1 Å². The molecule has 0 aliphatic rings. The molecule has 0 saturated heterocycles. The Bertz CT molecular complexity index is 3560. The van der Waals surface area contributed by atoms with Crippen molar-refractivity contribution < 1.29 is 0 Å². The van der Waals surface area contributed by atoms with Crippen LogP contribution in [0.4, 0.5) is 17.1 Å². The normalized spacial score (nSPS) is 11.6. The Labute approximate surface area is 358 Å². The maximum absolute atomic E-state index is 2.47. The summed E-state index contributed by atoms with van der Waals surface area (Å²) in [6, 6.07) is 84.2. The zero-order chi connectivity index (χ0) is 40.3. The molecule has 0 amide bonds. The number of aromatic nitrogens is 1. The maximum Gasteiger partial charge on any atom is 0.0661 e. The molecule has 0 fully saturated rings. The Balaban J connectivity index is 1.10. The number of hydrogen-bond donors (Lipinski definition) is 0. The summed E-state index contributed by atoms with van der Waals surface area (Å²) in [4.78, 5) is 2.46. The SMILES string of the molecule is c1ccc(-c2ccc(N(c3ccc(-c4cccc5ccccc45)cc3)c3cc(-n4c5ccccc5c5cc(-c6ccccc6)ccc54)cc4c3sc3ccccc34)cc2)cc1. The van der Waals surface area contributed by atoms with Gasteiger partial charge in [0.15, 0.2) is 0 Å². The topological polar surface area (TPSA) is 8.17 Å². The molecule has 0 atom stereocenters. The zero-order valence-corrected chi connectivity index (χ0v) is 34.1. The highest BCUT2D eigenvalue weighted by Crippen LogP contribution is 2.48. The van der Waals surface area contributed by atoms with Gasteiger partial charge < -0.3 is 9.47 Å². The molecule has 61 heavy (non-hydrogen) atoms. The summed E-state index contributed by atoms with van der Waals surface area (Å²) in [5.41, 5.74) is 14.1. The smallest absolute Gasteiger partial charge is 0.0661 e. The lowest BCUT2D eigenvalue weighted by atomic mass is 9.98. The Morgan fingerprint density at radius 2 is 0.902 bits per heavy atom. The highest BCUT2D eigenvalue weighted by Gasteiger charge is 2.22. The minimum atomic E-state index is 1.10. The Morgan fingerprint density at radius 3 is 1.66 bits per heavy atom. The minimum Gasteiger partial charge on any atom is -0.309 e. The van der Waals surface area contributed by atoms with Gasteiger partial charge in [0, 0.05) is 43.3 Å². The highest BCUT2D eigenvalue weighted by molar-refractivity contribution is 7.26. The van der Waals surface area contributed by atoms with Crippen LogP contribution in [0.15, 0.2) is 231 Å². The third-order valence-corrected chi connectivity index (χ3v) is 13.4. The molecule has 12 rings (SSSR count). The van der Waals surface area contributed by atoms with E-state index in [1.165, 1.54) is 86.1 Å². The molecule has 0 saturated carbocycles. The molecule has 2 aromatic heterocycles. The van der Waals surface area contributed by atoms with Crippen molar-refractivity contribution in [3.05, 3.63) is 231 Å². The van der Waals surface area contributed by atoms with Crippen molar-refractivity contribution in [1.82, 2.24) is 4.57 Å². The van der Waals surface area contributed by atoms with E-state index in [2.05, 4.69) is 240 Å². The van der Waals surface area contributed by atoms with Crippen molar-refractivity contribution in [2.24, 2.45) is 0 Å². The van der Waals surface area contributed by atoms with Gasteiger partial charge in [0.05, 0.1) is 21.4 Å². The molecule has 286 valence electrons. The number of para-hydroxylation sites is 1. The lowest BCUT2D eigenvalue weighted by molar-refractivity contribution is 1.18. The predicted molar refractivity (Wildman–Crippen MR) is 262 cm³/mol. The molecule has 0 radical (unpaired) electrons. The van der Waals surface area contributed by atoms with Gasteiger partial charge in [-0.3, -0.25) is 0 Å². The minimum absolute atomic E-state index is 1.10. The van der Waals surface area contributed by atoms with Gasteiger partial charge in [0.25, 0.3) is 0 Å². The summed E-state index contributed by atoms with van der Waals surface area (Å²) in [6.45, 7) is 0. The summed E-state index contributed by atoms with van der Waals surface area (Å²) in [7, 11) is 0. The second kappa shape index (κ2) is 14.5. The molecule has 0 aliphatic carbocycles. The number of anilines is 3. The standard InChI is InChI=1S/C58H38N2S/c1-3-14-39(15-4-1)41-26-31-45(32-27-41)59(46-33-28-43(29-34-46)49-23-13-19-42-18-7-8-20-48(42)49)56-38-47(37-53-51-22-10-12-25-57(51)61-58(53)56)60-54-24-11-9-21-50(54)52-36-44(30-35-55(52)60)40-16-5-2-6-17-40/h1-38H. The van der Waals surface area contributed by atoms with Crippen LogP contribution in [0.25, 0.3) is 91.8 Å². The number of thiophene rings is 1. The van der Waals surface area contributed by atoms with Crippen LogP contribution in [-0.4, -0.2) is 4.57 Å². The highest BCUT2D eigenvalue weighted by atomic mass is 32.1. The summed E-state index contributed by atoms with van der Waals surface area (Å²) in [5, 5.41) is 7.50. The fourth-order valence-electron chi connectivity index (χ4n) is 9.28. The number of rotatable bonds is 7. The first kappa shape index (κ1) is 35.2. The maximum atomic E-state index is 2.47. The van der Waals surface area contributed by atoms with Gasteiger partial charge in [-0.15, -0.1) is 11.3 Å². The van der Waals surface area contributed by atoms with Gasteiger partial charge in [-0.25, -0.2) is 0 Å². The summed E-state index contributed by atoms with van der Waals surface area (Å²) >= 11 is 1.87. The van der Waals surface area contributed by atoms with E-state index in [1.54, 1.807) is 0 Å². The molecule has 12 aromatic rings. The third-order valence-electron chi connectivity index (χ3n) is 12.2. The zero-order valence-electron chi connectivity index (χ0n) is 33.2. The van der Waals surface area contributed by atoms with Crippen molar-refractivity contribution in [3.63, 3.8) is 0 Å². The van der Waals surface area contributed by atoms with Gasteiger partial charge in [0.1, 0.15) is 0 Å². The van der Waals surface area contributed by atoms with Crippen molar-refractivity contribution in [3.8, 4) is 39.1 Å². The van der Waals surface area contributed by atoms with Crippen molar-refractivity contribution in [2.45, 2.75) is 0 Å². The summed E-state index contributed by atoms with van der Waals surface area (Å²) in [6.07, 6.45) is 0. The lowest BCUT2D eigenvalue weighted by Gasteiger charge is -2.27. The molecule has 0 unspecified atom stereocenters. The van der Waals surface area contributed by atoms with E-state index in [-0.39, 0.29) is 0 Å². The number of nitrogens with zero attached hydrogens (tertiary/aromatic N) is 2. The molecular formula is C58H38N2S. The Kier molecular flexibility index (Phi) is 8.39. The molecule has 10 aromatic carbocycles. The first-order valence-corrected chi connectivity index (χ1v) is 21.6. The van der Waals surface area contributed by atoms with E-state index in [1.807, 2.05) is 11.3 Å². The van der Waals surface area contributed by atoms with E-state index >= 15 is 0 Å². The van der Waals surface area contributed by atoms with E-state index in [0.29, 0.717) is 0 Å². The second-order valence-corrected chi connectivity index (χ2v) is 16.8. The first-order chi connectivity index (χ1) is 30.2. The third kappa shape index (κ3) is 6.01. The second-order valence-electron chi connectivity index (χ2n) is 15.7. The molecule has 0 spiro atoms. The Hall–Kier alpha value is -7.72. The largest absolute Gasteiger partial charge is 0.309 e. The van der Waals surface area contributed by atoms with Crippen molar-refractivity contribution in [2.75, 3.05) is 4.90 Å². The average molecular weight is 795 g/mol. The van der Waals surface area contributed by atoms with Crippen LogP contribution in [0.2, 0.25) is 0 Å². The molecule has 0 bridgehead atoms. The lowest BCUT2D eigenvalue weighted by Crippen LogP contribution is -2.11. The van der Waals surface area contributed by atoms with Crippen LogP contribution in [0.3, 0.4) is 0 Å². The Morgan fingerprint density at radius 1 is 0.344 bits per heavy atom. The quantitative estimate of drug-likeness (QED) is 0.156.